The van der Waals surface area contributed by atoms with E-state index in [4.69, 9.17) is 9.47 Å². The first-order valence-electron chi connectivity index (χ1n) is 11.8. The Bertz CT molecular complexity index is 1220. The van der Waals surface area contributed by atoms with E-state index in [1.165, 1.54) is 17.4 Å². The minimum atomic E-state index is -3.45. The molecule has 1 aliphatic rings. The standard InChI is InChI=1S/C25H34N4O7S/c1-16-13-29(17(2)15-30)24(31)21-12-19(27-25(32)26-18-6-9-20(35-4)10-7-18)8-11-22(21)36-23(16)14-28(3)37(5,33)34/h6-12,16-17,23,30H,13-15H2,1-5H3,(H2,26,27,32)/t16-,17+,23-/m0/s1. The first-order valence-corrected chi connectivity index (χ1v) is 13.6. The summed E-state index contributed by atoms with van der Waals surface area (Å²) in [6, 6.07) is 10.5. The number of benzene rings is 2. The number of hydrogen-bond donors (Lipinski definition) is 3. The molecule has 3 N–H and O–H groups in total. The molecule has 202 valence electrons. The highest BCUT2D eigenvalue weighted by molar-refractivity contribution is 7.88. The second kappa shape index (κ2) is 11.8. The van der Waals surface area contributed by atoms with Crippen LogP contribution in [0.2, 0.25) is 0 Å². The molecule has 0 aromatic heterocycles. The summed E-state index contributed by atoms with van der Waals surface area (Å²) in [5.41, 5.74) is 1.11. The maximum Gasteiger partial charge on any atom is 0.323 e. The molecule has 2 aromatic carbocycles. The van der Waals surface area contributed by atoms with Crippen molar-refractivity contribution in [1.82, 2.24) is 9.21 Å². The van der Waals surface area contributed by atoms with Crippen LogP contribution in [0.4, 0.5) is 16.2 Å². The van der Waals surface area contributed by atoms with Crippen LogP contribution in [0.25, 0.3) is 0 Å². The van der Waals surface area contributed by atoms with E-state index in [-0.39, 0.29) is 42.8 Å². The van der Waals surface area contributed by atoms with Crippen molar-refractivity contribution in [3.05, 3.63) is 48.0 Å². The van der Waals surface area contributed by atoms with Gasteiger partial charge in [0.1, 0.15) is 17.6 Å². The van der Waals surface area contributed by atoms with Crippen molar-refractivity contribution in [1.29, 1.82) is 0 Å². The quantitative estimate of drug-likeness (QED) is 0.473. The molecule has 1 heterocycles. The van der Waals surface area contributed by atoms with Gasteiger partial charge >= 0.3 is 6.03 Å². The fourth-order valence-corrected chi connectivity index (χ4v) is 4.29. The second-order valence-corrected chi connectivity index (χ2v) is 11.3. The van der Waals surface area contributed by atoms with Gasteiger partial charge in [-0.25, -0.2) is 17.5 Å². The van der Waals surface area contributed by atoms with Gasteiger partial charge in [-0.1, -0.05) is 6.92 Å². The molecule has 0 aliphatic carbocycles. The minimum absolute atomic E-state index is 0.0826. The highest BCUT2D eigenvalue weighted by Crippen LogP contribution is 2.31. The summed E-state index contributed by atoms with van der Waals surface area (Å²) in [5, 5.41) is 15.2. The van der Waals surface area contributed by atoms with E-state index in [2.05, 4.69) is 10.6 Å². The number of sulfonamides is 1. The maximum absolute atomic E-state index is 13.5. The number of aliphatic hydroxyl groups is 1. The molecule has 12 heteroatoms. The average Bonchev–Trinajstić information content (AvgIpc) is 2.85. The van der Waals surface area contributed by atoms with Crippen molar-refractivity contribution >= 4 is 33.3 Å². The zero-order valence-corrected chi connectivity index (χ0v) is 22.4. The van der Waals surface area contributed by atoms with Gasteiger partial charge in [-0.2, -0.15) is 0 Å². The number of fused-ring (bicyclic) bond motifs is 1. The Balaban J connectivity index is 1.88. The Hall–Kier alpha value is -3.35. The SMILES string of the molecule is COc1ccc(NC(=O)Nc2ccc3c(c2)C(=O)N([C@H](C)CO)C[C@H](C)[C@H](CN(C)S(C)(=O)=O)O3)cc1. The summed E-state index contributed by atoms with van der Waals surface area (Å²) in [6.07, 6.45) is 0.560. The predicted octanol–water partition coefficient (Wildman–Crippen LogP) is 2.45. The molecule has 0 radical (unpaired) electrons. The monoisotopic (exact) mass is 534 g/mol. The number of ether oxygens (including phenoxy) is 2. The fourth-order valence-electron chi connectivity index (χ4n) is 3.87. The van der Waals surface area contributed by atoms with Crippen molar-refractivity contribution in [2.24, 2.45) is 5.92 Å². The van der Waals surface area contributed by atoms with Crippen LogP contribution in [-0.2, 0) is 10.0 Å². The zero-order valence-electron chi connectivity index (χ0n) is 21.6. The van der Waals surface area contributed by atoms with E-state index in [0.29, 0.717) is 17.1 Å². The molecule has 0 saturated carbocycles. The number of aliphatic hydroxyl groups excluding tert-OH is 1. The molecule has 1 aliphatic heterocycles. The number of amides is 3. The lowest BCUT2D eigenvalue weighted by atomic mass is 9.99. The van der Waals surface area contributed by atoms with Gasteiger partial charge < -0.3 is 30.1 Å². The number of carbonyl (C=O) groups is 2. The number of likely N-dealkylation sites (N-methyl/N-ethyl adjacent to an activating group) is 1. The number of urea groups is 1. The van der Waals surface area contributed by atoms with Crippen LogP contribution in [-0.4, -0.2) is 86.9 Å². The predicted molar refractivity (Wildman–Crippen MR) is 141 cm³/mol. The fraction of sp³-hybridized carbons (Fsp3) is 0.440. The Labute approximate surface area is 217 Å². The molecule has 3 rings (SSSR count). The molecule has 0 saturated heterocycles. The molecule has 3 amide bonds. The molecule has 0 bridgehead atoms. The van der Waals surface area contributed by atoms with Gasteiger partial charge in [0.25, 0.3) is 5.91 Å². The molecule has 2 aromatic rings. The second-order valence-electron chi connectivity index (χ2n) is 9.18. The van der Waals surface area contributed by atoms with Crippen molar-refractivity contribution in [2.45, 2.75) is 26.0 Å². The number of anilines is 2. The topological polar surface area (TPSA) is 138 Å². The van der Waals surface area contributed by atoms with Gasteiger partial charge in [-0.05, 0) is 49.4 Å². The molecule has 0 fully saturated rings. The molecule has 11 nitrogen and oxygen atoms in total. The van der Waals surface area contributed by atoms with Crippen LogP contribution in [0.3, 0.4) is 0 Å². The van der Waals surface area contributed by atoms with E-state index < -0.39 is 28.2 Å². The Morgan fingerprint density at radius 1 is 1.22 bits per heavy atom. The van der Waals surface area contributed by atoms with Crippen LogP contribution in [0.15, 0.2) is 42.5 Å². The van der Waals surface area contributed by atoms with Gasteiger partial charge in [-0.3, -0.25) is 4.79 Å². The van der Waals surface area contributed by atoms with Gasteiger partial charge in [-0.15, -0.1) is 0 Å². The lowest BCUT2D eigenvalue weighted by Crippen LogP contribution is -2.50. The number of carbonyl (C=O) groups excluding carboxylic acids is 2. The van der Waals surface area contributed by atoms with E-state index in [1.54, 1.807) is 55.3 Å². The maximum atomic E-state index is 13.5. The minimum Gasteiger partial charge on any atom is -0.497 e. The summed E-state index contributed by atoms with van der Waals surface area (Å²) in [5.74, 6) is 0.323. The largest absolute Gasteiger partial charge is 0.497 e. The molecular formula is C25H34N4O7S. The number of rotatable bonds is 8. The van der Waals surface area contributed by atoms with Crippen molar-refractivity contribution < 1.29 is 32.6 Å². The highest BCUT2D eigenvalue weighted by Gasteiger charge is 2.34. The summed E-state index contributed by atoms with van der Waals surface area (Å²) in [4.78, 5) is 27.6. The lowest BCUT2D eigenvalue weighted by molar-refractivity contribution is 0.0387. The summed E-state index contributed by atoms with van der Waals surface area (Å²) in [6.45, 7) is 3.69. The smallest absolute Gasteiger partial charge is 0.323 e. The average molecular weight is 535 g/mol. The molecule has 3 atom stereocenters. The molecule has 0 unspecified atom stereocenters. The number of hydrogen-bond acceptors (Lipinski definition) is 7. The third-order valence-corrected chi connectivity index (χ3v) is 7.56. The van der Waals surface area contributed by atoms with Gasteiger partial charge in [0.05, 0.1) is 38.1 Å². The summed E-state index contributed by atoms with van der Waals surface area (Å²) in [7, 11) is -0.426. The molecule has 37 heavy (non-hydrogen) atoms. The normalized spacial score (nSPS) is 18.8. The van der Waals surface area contributed by atoms with Crippen LogP contribution in [0, 0.1) is 5.92 Å². The van der Waals surface area contributed by atoms with E-state index >= 15 is 0 Å². The number of methoxy groups -OCH3 is 1. The first-order chi connectivity index (χ1) is 17.4. The van der Waals surface area contributed by atoms with E-state index in [0.717, 1.165) is 6.26 Å². The Kier molecular flexibility index (Phi) is 9.00. The summed E-state index contributed by atoms with van der Waals surface area (Å²) >= 11 is 0. The highest BCUT2D eigenvalue weighted by atomic mass is 32.2. The van der Waals surface area contributed by atoms with Crippen molar-refractivity contribution in [3.63, 3.8) is 0 Å². The van der Waals surface area contributed by atoms with Gasteiger partial charge in [0.2, 0.25) is 10.0 Å². The van der Waals surface area contributed by atoms with E-state index in [9.17, 15) is 23.1 Å². The third-order valence-electron chi connectivity index (χ3n) is 6.27. The molecular weight excluding hydrogens is 500 g/mol. The van der Waals surface area contributed by atoms with Crippen LogP contribution < -0.4 is 20.1 Å². The van der Waals surface area contributed by atoms with Crippen LogP contribution in [0.5, 0.6) is 11.5 Å². The Morgan fingerprint density at radius 2 is 1.84 bits per heavy atom. The zero-order chi connectivity index (χ0) is 27.3. The van der Waals surface area contributed by atoms with Crippen LogP contribution >= 0.6 is 0 Å². The first kappa shape index (κ1) is 28.2. The molecule has 0 spiro atoms. The van der Waals surface area contributed by atoms with E-state index in [1.807, 2.05) is 6.92 Å². The van der Waals surface area contributed by atoms with Gasteiger partial charge in [0.15, 0.2) is 0 Å². The lowest BCUT2D eigenvalue weighted by Gasteiger charge is -2.38. The van der Waals surface area contributed by atoms with Crippen LogP contribution in [0.1, 0.15) is 24.2 Å². The number of nitrogens with zero attached hydrogens (tertiary/aromatic N) is 2. The van der Waals surface area contributed by atoms with Crippen molar-refractivity contribution in [2.75, 3.05) is 50.7 Å². The third kappa shape index (κ3) is 7.12. The summed E-state index contributed by atoms with van der Waals surface area (Å²) < 4.78 is 36.5. The van der Waals surface area contributed by atoms with Gasteiger partial charge in [0, 0.05) is 30.9 Å². The Morgan fingerprint density at radius 3 is 2.43 bits per heavy atom. The van der Waals surface area contributed by atoms with Crippen molar-refractivity contribution in [3.8, 4) is 11.5 Å². The number of nitrogens with one attached hydrogen (secondary N) is 2.